The Morgan fingerprint density at radius 2 is 1.78 bits per heavy atom. The molecule has 0 aliphatic heterocycles. The van der Waals surface area contributed by atoms with Crippen LogP contribution in [0.25, 0.3) is 0 Å². The lowest BCUT2D eigenvalue weighted by Crippen LogP contribution is -1.92. The van der Waals surface area contributed by atoms with E-state index in [1.54, 1.807) is 43.3 Å². The van der Waals surface area contributed by atoms with E-state index in [1.165, 1.54) is 6.07 Å². The second-order valence-corrected chi connectivity index (χ2v) is 4.28. The van der Waals surface area contributed by atoms with Crippen LogP contribution in [0.15, 0.2) is 42.5 Å². The molecule has 1 atom stereocenters. The molecule has 0 amide bonds. The Kier molecular flexibility index (Phi) is 3.63. The number of hydrogen-bond acceptors (Lipinski definition) is 2. The minimum atomic E-state index is -0.519. The number of halogens is 1. The third-order valence-electron chi connectivity index (χ3n) is 2.68. The number of aryl methyl sites for hydroxylation is 1. The molecular formula is C15H15FO2. The van der Waals surface area contributed by atoms with Crippen LogP contribution < -0.4 is 4.74 Å². The Morgan fingerprint density at radius 1 is 1.11 bits per heavy atom. The number of ether oxygens (including phenoxy) is 1. The summed E-state index contributed by atoms with van der Waals surface area (Å²) >= 11 is 0. The van der Waals surface area contributed by atoms with Gasteiger partial charge in [0.15, 0.2) is 11.6 Å². The molecule has 3 heteroatoms. The van der Waals surface area contributed by atoms with Crippen molar-refractivity contribution in [3.05, 3.63) is 59.4 Å². The molecular weight excluding hydrogens is 231 g/mol. The van der Waals surface area contributed by atoms with Gasteiger partial charge in [0.2, 0.25) is 0 Å². The van der Waals surface area contributed by atoms with Crippen LogP contribution in [0.4, 0.5) is 4.39 Å². The molecule has 0 aliphatic rings. The van der Waals surface area contributed by atoms with Crippen LogP contribution in [-0.2, 0) is 0 Å². The van der Waals surface area contributed by atoms with Gasteiger partial charge in [-0.1, -0.05) is 18.2 Å². The number of hydrogen-bond donors (Lipinski definition) is 1. The summed E-state index contributed by atoms with van der Waals surface area (Å²) in [6.07, 6.45) is -0.519. The standard InChI is InChI=1S/C15H15FO2/c1-10-3-8-14(16)15(9-10)18-13-6-4-12(5-7-13)11(2)17/h3-9,11,17H,1-2H3. The summed E-state index contributed by atoms with van der Waals surface area (Å²) in [6, 6.07) is 11.7. The number of benzene rings is 2. The largest absolute Gasteiger partial charge is 0.454 e. The maximum absolute atomic E-state index is 13.5. The Labute approximate surface area is 106 Å². The predicted octanol–water partition coefficient (Wildman–Crippen LogP) is 3.98. The molecule has 0 fully saturated rings. The third kappa shape index (κ3) is 2.87. The average Bonchev–Trinajstić information content (AvgIpc) is 2.34. The molecule has 2 nitrogen and oxygen atoms in total. The first-order valence-electron chi connectivity index (χ1n) is 5.78. The molecule has 0 aromatic heterocycles. The molecule has 0 saturated heterocycles. The van der Waals surface area contributed by atoms with Crippen LogP contribution in [0, 0.1) is 12.7 Å². The highest BCUT2D eigenvalue weighted by molar-refractivity contribution is 5.36. The predicted molar refractivity (Wildman–Crippen MR) is 68.3 cm³/mol. The van der Waals surface area contributed by atoms with Crippen molar-refractivity contribution in [3.8, 4) is 11.5 Å². The minimum absolute atomic E-state index is 0.208. The van der Waals surface area contributed by atoms with Crippen LogP contribution >= 0.6 is 0 Å². The van der Waals surface area contributed by atoms with Gasteiger partial charge in [-0.3, -0.25) is 0 Å². The summed E-state index contributed by atoms with van der Waals surface area (Å²) in [5.41, 5.74) is 1.74. The van der Waals surface area contributed by atoms with E-state index in [1.807, 2.05) is 6.92 Å². The lowest BCUT2D eigenvalue weighted by Gasteiger charge is -2.09. The van der Waals surface area contributed by atoms with E-state index in [2.05, 4.69) is 0 Å². The summed E-state index contributed by atoms with van der Waals surface area (Å²) in [6.45, 7) is 3.57. The molecule has 0 bridgehead atoms. The van der Waals surface area contributed by atoms with Crippen LogP contribution in [-0.4, -0.2) is 5.11 Å². The monoisotopic (exact) mass is 246 g/mol. The summed E-state index contributed by atoms with van der Waals surface area (Å²) in [4.78, 5) is 0. The first-order valence-corrected chi connectivity index (χ1v) is 5.78. The molecule has 2 aromatic rings. The molecule has 0 aliphatic carbocycles. The topological polar surface area (TPSA) is 29.5 Å². The van der Waals surface area contributed by atoms with Gasteiger partial charge >= 0.3 is 0 Å². The first kappa shape index (κ1) is 12.6. The lowest BCUT2D eigenvalue weighted by atomic mass is 10.1. The van der Waals surface area contributed by atoms with E-state index >= 15 is 0 Å². The maximum Gasteiger partial charge on any atom is 0.165 e. The van der Waals surface area contributed by atoms with Gasteiger partial charge < -0.3 is 9.84 Å². The van der Waals surface area contributed by atoms with Gasteiger partial charge in [0.25, 0.3) is 0 Å². The van der Waals surface area contributed by atoms with E-state index in [4.69, 9.17) is 4.74 Å². The second kappa shape index (κ2) is 5.19. The van der Waals surface area contributed by atoms with Gasteiger partial charge in [-0.2, -0.15) is 0 Å². The van der Waals surface area contributed by atoms with Crippen LogP contribution in [0.1, 0.15) is 24.2 Å². The van der Waals surface area contributed by atoms with Crippen molar-refractivity contribution in [2.45, 2.75) is 20.0 Å². The fourth-order valence-corrected chi connectivity index (χ4v) is 1.63. The highest BCUT2D eigenvalue weighted by atomic mass is 19.1. The van der Waals surface area contributed by atoms with Crippen LogP contribution in [0.5, 0.6) is 11.5 Å². The zero-order valence-corrected chi connectivity index (χ0v) is 10.4. The Bertz CT molecular complexity index is 533. The molecule has 0 radical (unpaired) electrons. The van der Waals surface area contributed by atoms with Crippen molar-refractivity contribution >= 4 is 0 Å². The van der Waals surface area contributed by atoms with Gasteiger partial charge in [0.1, 0.15) is 5.75 Å². The molecule has 1 N–H and O–H groups in total. The highest BCUT2D eigenvalue weighted by Crippen LogP contribution is 2.26. The zero-order valence-electron chi connectivity index (χ0n) is 10.4. The van der Waals surface area contributed by atoms with E-state index in [0.717, 1.165) is 11.1 Å². The fraction of sp³-hybridized carbons (Fsp3) is 0.200. The second-order valence-electron chi connectivity index (χ2n) is 4.28. The fourth-order valence-electron chi connectivity index (χ4n) is 1.63. The van der Waals surface area contributed by atoms with Gasteiger partial charge in [0.05, 0.1) is 6.10 Å². The average molecular weight is 246 g/mol. The molecule has 1 unspecified atom stereocenters. The summed E-state index contributed by atoms with van der Waals surface area (Å²) in [7, 11) is 0. The summed E-state index contributed by atoms with van der Waals surface area (Å²) in [5.74, 6) is 0.365. The molecule has 2 rings (SSSR count). The maximum atomic E-state index is 13.5. The molecule has 2 aromatic carbocycles. The van der Waals surface area contributed by atoms with Crippen molar-refractivity contribution in [2.75, 3.05) is 0 Å². The lowest BCUT2D eigenvalue weighted by molar-refractivity contribution is 0.199. The van der Waals surface area contributed by atoms with Gasteiger partial charge in [-0.25, -0.2) is 4.39 Å². The van der Waals surface area contributed by atoms with Crippen molar-refractivity contribution in [3.63, 3.8) is 0 Å². The highest BCUT2D eigenvalue weighted by Gasteiger charge is 2.06. The normalized spacial score (nSPS) is 12.2. The molecule has 0 heterocycles. The van der Waals surface area contributed by atoms with E-state index in [9.17, 15) is 9.50 Å². The van der Waals surface area contributed by atoms with Crippen LogP contribution in [0.3, 0.4) is 0 Å². The quantitative estimate of drug-likeness (QED) is 0.887. The van der Waals surface area contributed by atoms with Crippen molar-refractivity contribution in [1.29, 1.82) is 0 Å². The van der Waals surface area contributed by atoms with Gasteiger partial charge in [-0.15, -0.1) is 0 Å². The van der Waals surface area contributed by atoms with Crippen molar-refractivity contribution in [1.82, 2.24) is 0 Å². The van der Waals surface area contributed by atoms with Crippen LogP contribution in [0.2, 0.25) is 0 Å². The van der Waals surface area contributed by atoms with Gasteiger partial charge in [-0.05, 0) is 49.2 Å². The van der Waals surface area contributed by atoms with E-state index < -0.39 is 6.10 Å². The molecule has 0 saturated carbocycles. The van der Waals surface area contributed by atoms with Crippen molar-refractivity contribution in [2.24, 2.45) is 0 Å². The van der Waals surface area contributed by atoms with E-state index in [-0.39, 0.29) is 11.6 Å². The Balaban J connectivity index is 2.21. The smallest absolute Gasteiger partial charge is 0.165 e. The number of aliphatic hydroxyl groups excluding tert-OH is 1. The Hall–Kier alpha value is -1.87. The van der Waals surface area contributed by atoms with Gasteiger partial charge in [0, 0.05) is 0 Å². The summed E-state index contributed by atoms with van der Waals surface area (Å²) < 4.78 is 19.0. The van der Waals surface area contributed by atoms with E-state index in [0.29, 0.717) is 5.75 Å². The number of rotatable bonds is 3. The minimum Gasteiger partial charge on any atom is -0.454 e. The Morgan fingerprint density at radius 3 is 2.39 bits per heavy atom. The summed E-state index contributed by atoms with van der Waals surface area (Å²) in [5, 5.41) is 9.38. The molecule has 18 heavy (non-hydrogen) atoms. The molecule has 94 valence electrons. The zero-order chi connectivity index (χ0) is 13.1. The SMILES string of the molecule is Cc1ccc(F)c(Oc2ccc(C(C)O)cc2)c1. The number of aliphatic hydroxyl groups is 1. The molecule has 0 spiro atoms. The van der Waals surface area contributed by atoms with Crippen molar-refractivity contribution < 1.29 is 14.2 Å². The first-order chi connectivity index (χ1) is 8.56. The third-order valence-corrected chi connectivity index (χ3v) is 2.68.